The molecule has 1 atom stereocenters. The minimum absolute atomic E-state index is 0.268. The first-order chi connectivity index (χ1) is 9.57. The third-order valence-electron chi connectivity index (χ3n) is 5.46. The van der Waals surface area contributed by atoms with Crippen LogP contribution < -0.4 is 5.73 Å². The van der Waals surface area contributed by atoms with Gasteiger partial charge < -0.3 is 10.6 Å². The Morgan fingerprint density at radius 3 is 2.45 bits per heavy atom. The fourth-order valence-electron chi connectivity index (χ4n) is 4.26. The van der Waals surface area contributed by atoms with Gasteiger partial charge in [-0.2, -0.15) is 0 Å². The zero-order chi connectivity index (χ0) is 14.6. The fraction of sp³-hybridized carbons (Fsp3) is 1.00. The minimum atomic E-state index is 0.268. The fourth-order valence-corrected chi connectivity index (χ4v) is 4.26. The van der Waals surface area contributed by atoms with Gasteiger partial charge in [0, 0.05) is 24.7 Å². The molecule has 1 saturated carbocycles. The van der Waals surface area contributed by atoms with Gasteiger partial charge in [-0.1, -0.05) is 26.7 Å². The van der Waals surface area contributed by atoms with Crippen molar-refractivity contribution in [2.75, 3.05) is 33.2 Å². The molecule has 0 bridgehead atoms. The van der Waals surface area contributed by atoms with Gasteiger partial charge in [-0.3, -0.25) is 4.90 Å². The molecule has 118 valence electrons. The number of hydrogen-bond donors (Lipinski definition) is 1. The maximum absolute atomic E-state index is 6.34. The van der Waals surface area contributed by atoms with E-state index in [4.69, 9.17) is 5.73 Å². The van der Waals surface area contributed by atoms with Crippen molar-refractivity contribution in [3.05, 3.63) is 0 Å². The lowest BCUT2D eigenvalue weighted by Gasteiger charge is -2.47. The van der Waals surface area contributed by atoms with E-state index in [2.05, 4.69) is 30.7 Å². The van der Waals surface area contributed by atoms with Gasteiger partial charge in [0.25, 0.3) is 0 Å². The number of likely N-dealkylation sites (tertiary alicyclic amines) is 1. The molecule has 0 radical (unpaired) electrons. The molecule has 2 N–H and O–H groups in total. The molecule has 2 fully saturated rings. The average Bonchev–Trinajstić information content (AvgIpc) is 2.87. The lowest BCUT2D eigenvalue weighted by atomic mass is 9.85. The van der Waals surface area contributed by atoms with Crippen LogP contribution in [-0.2, 0) is 0 Å². The molecular formula is C17H35N3. The molecule has 3 heteroatoms. The molecule has 1 aliphatic carbocycles. The molecule has 1 heterocycles. The topological polar surface area (TPSA) is 32.5 Å². The average molecular weight is 281 g/mol. The van der Waals surface area contributed by atoms with E-state index in [0.717, 1.165) is 18.5 Å². The van der Waals surface area contributed by atoms with Crippen LogP contribution in [0.25, 0.3) is 0 Å². The van der Waals surface area contributed by atoms with Crippen molar-refractivity contribution in [2.24, 2.45) is 11.7 Å². The Kier molecular flexibility index (Phi) is 5.88. The largest absolute Gasteiger partial charge is 0.329 e. The van der Waals surface area contributed by atoms with Crippen LogP contribution in [0, 0.1) is 5.92 Å². The van der Waals surface area contributed by atoms with E-state index in [9.17, 15) is 0 Å². The van der Waals surface area contributed by atoms with Crippen LogP contribution in [0.1, 0.15) is 58.8 Å². The highest BCUT2D eigenvalue weighted by Crippen LogP contribution is 2.35. The SMILES string of the molecule is CC(C)CN(C1CCCC1)C1(CN)CCCN(C)CC1. The van der Waals surface area contributed by atoms with Crippen LogP contribution in [-0.4, -0.2) is 54.6 Å². The first-order valence-electron chi connectivity index (χ1n) is 8.73. The summed E-state index contributed by atoms with van der Waals surface area (Å²) >= 11 is 0. The number of nitrogens with zero attached hydrogens (tertiary/aromatic N) is 2. The van der Waals surface area contributed by atoms with Crippen molar-refractivity contribution >= 4 is 0 Å². The summed E-state index contributed by atoms with van der Waals surface area (Å²) in [4.78, 5) is 5.34. The summed E-state index contributed by atoms with van der Waals surface area (Å²) in [6.07, 6.45) is 9.46. The molecule has 20 heavy (non-hydrogen) atoms. The minimum Gasteiger partial charge on any atom is -0.329 e. The maximum Gasteiger partial charge on any atom is 0.0347 e. The van der Waals surface area contributed by atoms with Crippen molar-refractivity contribution in [2.45, 2.75) is 70.4 Å². The van der Waals surface area contributed by atoms with Gasteiger partial charge in [0.15, 0.2) is 0 Å². The summed E-state index contributed by atoms with van der Waals surface area (Å²) in [6.45, 7) is 9.22. The van der Waals surface area contributed by atoms with E-state index in [-0.39, 0.29) is 5.54 Å². The van der Waals surface area contributed by atoms with E-state index in [0.29, 0.717) is 0 Å². The second kappa shape index (κ2) is 7.24. The summed E-state index contributed by atoms with van der Waals surface area (Å²) < 4.78 is 0. The second-order valence-electron chi connectivity index (χ2n) is 7.57. The van der Waals surface area contributed by atoms with Crippen molar-refractivity contribution in [1.82, 2.24) is 9.80 Å². The Bertz CT molecular complexity index is 286. The third kappa shape index (κ3) is 3.75. The number of hydrogen-bond acceptors (Lipinski definition) is 3. The van der Waals surface area contributed by atoms with Crippen LogP contribution in [0.2, 0.25) is 0 Å². The second-order valence-corrected chi connectivity index (χ2v) is 7.57. The zero-order valence-corrected chi connectivity index (χ0v) is 13.9. The predicted molar refractivity (Wildman–Crippen MR) is 86.9 cm³/mol. The monoisotopic (exact) mass is 281 g/mol. The van der Waals surface area contributed by atoms with Crippen molar-refractivity contribution in [3.8, 4) is 0 Å². The van der Waals surface area contributed by atoms with Gasteiger partial charge in [0.2, 0.25) is 0 Å². The number of nitrogens with two attached hydrogens (primary N) is 1. The van der Waals surface area contributed by atoms with E-state index in [1.54, 1.807) is 0 Å². The van der Waals surface area contributed by atoms with Crippen LogP contribution >= 0.6 is 0 Å². The Balaban J connectivity index is 2.17. The van der Waals surface area contributed by atoms with Gasteiger partial charge in [0.1, 0.15) is 0 Å². The summed E-state index contributed by atoms with van der Waals surface area (Å²) in [7, 11) is 2.26. The first-order valence-corrected chi connectivity index (χ1v) is 8.73. The van der Waals surface area contributed by atoms with Crippen molar-refractivity contribution < 1.29 is 0 Å². The molecule has 0 aromatic rings. The first kappa shape index (κ1) is 16.3. The molecule has 1 saturated heterocycles. The molecule has 1 aliphatic heterocycles. The molecule has 2 rings (SSSR count). The van der Waals surface area contributed by atoms with Crippen molar-refractivity contribution in [1.29, 1.82) is 0 Å². The number of rotatable bonds is 5. The van der Waals surface area contributed by atoms with Crippen LogP contribution in [0.5, 0.6) is 0 Å². The molecule has 1 unspecified atom stereocenters. The highest BCUT2D eigenvalue weighted by atomic mass is 15.3. The molecule has 0 aromatic heterocycles. The maximum atomic E-state index is 6.34. The molecule has 2 aliphatic rings. The standard InChI is InChI=1S/C17H35N3/c1-15(2)13-20(16-7-4-5-8-16)17(14-18)9-6-11-19(3)12-10-17/h15-16H,4-14,18H2,1-3H3. The Morgan fingerprint density at radius 1 is 1.15 bits per heavy atom. The molecule has 0 aromatic carbocycles. The van der Waals surface area contributed by atoms with Crippen LogP contribution in [0.15, 0.2) is 0 Å². The van der Waals surface area contributed by atoms with Gasteiger partial charge >= 0.3 is 0 Å². The van der Waals surface area contributed by atoms with Crippen LogP contribution in [0.3, 0.4) is 0 Å². The van der Waals surface area contributed by atoms with Gasteiger partial charge in [-0.25, -0.2) is 0 Å². The molecule has 3 nitrogen and oxygen atoms in total. The Morgan fingerprint density at radius 2 is 1.85 bits per heavy atom. The van der Waals surface area contributed by atoms with Crippen molar-refractivity contribution in [3.63, 3.8) is 0 Å². The van der Waals surface area contributed by atoms with E-state index in [1.807, 2.05) is 0 Å². The van der Waals surface area contributed by atoms with Gasteiger partial charge in [-0.05, 0) is 58.2 Å². The zero-order valence-electron chi connectivity index (χ0n) is 13.9. The highest BCUT2D eigenvalue weighted by molar-refractivity contribution is 4.98. The summed E-state index contributed by atoms with van der Waals surface area (Å²) in [5, 5.41) is 0. The third-order valence-corrected chi connectivity index (χ3v) is 5.46. The smallest absolute Gasteiger partial charge is 0.0347 e. The molecular weight excluding hydrogens is 246 g/mol. The summed E-state index contributed by atoms with van der Waals surface area (Å²) in [5.41, 5.74) is 6.61. The Labute approximate surface area is 125 Å². The molecule has 0 amide bonds. The van der Waals surface area contributed by atoms with Gasteiger partial charge in [-0.15, -0.1) is 0 Å². The predicted octanol–water partition coefficient (Wildman–Crippen LogP) is 2.70. The van der Waals surface area contributed by atoms with E-state index in [1.165, 1.54) is 64.6 Å². The lowest BCUT2D eigenvalue weighted by Crippen LogP contribution is -2.58. The van der Waals surface area contributed by atoms with Crippen LogP contribution in [0.4, 0.5) is 0 Å². The Hall–Kier alpha value is -0.120. The normalized spacial score (nSPS) is 30.3. The summed E-state index contributed by atoms with van der Waals surface area (Å²) in [5.74, 6) is 0.736. The van der Waals surface area contributed by atoms with E-state index < -0.39 is 0 Å². The summed E-state index contributed by atoms with van der Waals surface area (Å²) in [6, 6.07) is 0.796. The lowest BCUT2D eigenvalue weighted by molar-refractivity contribution is 0.0266. The quantitative estimate of drug-likeness (QED) is 0.841. The molecule has 0 spiro atoms. The highest BCUT2D eigenvalue weighted by Gasteiger charge is 2.40. The van der Waals surface area contributed by atoms with Gasteiger partial charge in [0.05, 0.1) is 0 Å². The van der Waals surface area contributed by atoms with E-state index >= 15 is 0 Å².